The lowest BCUT2D eigenvalue weighted by Crippen LogP contribution is -2.39. The van der Waals surface area contributed by atoms with Gasteiger partial charge in [-0.3, -0.25) is 9.59 Å². The van der Waals surface area contributed by atoms with Crippen LogP contribution in [0.5, 0.6) is 0 Å². The van der Waals surface area contributed by atoms with Gasteiger partial charge in [0, 0.05) is 5.56 Å². The van der Waals surface area contributed by atoms with Crippen LogP contribution in [0.2, 0.25) is 5.02 Å². The first-order valence-corrected chi connectivity index (χ1v) is 5.86. The van der Waals surface area contributed by atoms with Crippen LogP contribution in [-0.4, -0.2) is 17.9 Å². The molecule has 0 bridgehead atoms. The third-order valence-corrected chi connectivity index (χ3v) is 2.86. The van der Waals surface area contributed by atoms with Gasteiger partial charge >= 0.3 is 0 Å². The second-order valence-corrected chi connectivity index (χ2v) is 4.73. The molecule has 0 saturated carbocycles. The van der Waals surface area contributed by atoms with Crippen molar-refractivity contribution in [3.8, 4) is 0 Å². The van der Waals surface area contributed by atoms with E-state index >= 15 is 0 Å². The number of carbonyl (C=O) groups excluding carboxylic acids is 2. The summed E-state index contributed by atoms with van der Waals surface area (Å²) in [6, 6.07) is 3.77. The number of carbonyl (C=O) groups is 2. The number of nitrogens with one attached hydrogen (secondary N) is 1. The third-order valence-electron chi connectivity index (χ3n) is 2.53. The summed E-state index contributed by atoms with van der Waals surface area (Å²) in [6.07, 6.45) is 0. The topological polar surface area (TPSA) is 98.2 Å². The fraction of sp³-hybridized carbons (Fsp3) is 0.333. The molecule has 98 valence electrons. The molecule has 1 atom stereocenters. The van der Waals surface area contributed by atoms with Crippen LogP contribution in [0.1, 0.15) is 24.2 Å². The summed E-state index contributed by atoms with van der Waals surface area (Å²) in [4.78, 5) is 22.8. The van der Waals surface area contributed by atoms with E-state index in [4.69, 9.17) is 23.1 Å². The van der Waals surface area contributed by atoms with Gasteiger partial charge in [-0.25, -0.2) is 0 Å². The van der Waals surface area contributed by atoms with E-state index in [2.05, 4.69) is 5.32 Å². The molecule has 1 aromatic rings. The lowest BCUT2D eigenvalue weighted by Gasteiger charge is -2.16. The Morgan fingerprint density at radius 3 is 2.44 bits per heavy atom. The van der Waals surface area contributed by atoms with E-state index in [1.807, 2.05) is 13.8 Å². The van der Waals surface area contributed by atoms with Gasteiger partial charge in [0.15, 0.2) is 0 Å². The van der Waals surface area contributed by atoms with Crippen molar-refractivity contribution in [2.75, 3.05) is 5.32 Å². The average Bonchev–Trinajstić information content (AvgIpc) is 2.30. The van der Waals surface area contributed by atoms with Crippen LogP contribution in [-0.2, 0) is 4.79 Å². The van der Waals surface area contributed by atoms with Crippen molar-refractivity contribution < 1.29 is 9.59 Å². The number of rotatable bonds is 4. The average molecular weight is 270 g/mol. The predicted octanol–water partition coefficient (Wildman–Crippen LogP) is 1.36. The molecule has 1 aromatic carbocycles. The molecule has 1 rings (SSSR count). The maximum atomic E-state index is 11.8. The molecule has 0 radical (unpaired) electrons. The van der Waals surface area contributed by atoms with Crippen LogP contribution in [0.15, 0.2) is 18.2 Å². The molecule has 5 nitrogen and oxygen atoms in total. The van der Waals surface area contributed by atoms with Crippen molar-refractivity contribution in [2.24, 2.45) is 17.4 Å². The van der Waals surface area contributed by atoms with Gasteiger partial charge in [0.05, 0.1) is 16.8 Å². The highest BCUT2D eigenvalue weighted by atomic mass is 35.5. The fourth-order valence-corrected chi connectivity index (χ4v) is 1.46. The van der Waals surface area contributed by atoms with Crippen LogP contribution >= 0.6 is 11.6 Å². The molecule has 0 aliphatic heterocycles. The van der Waals surface area contributed by atoms with E-state index in [0.717, 1.165) is 0 Å². The molecule has 2 amide bonds. The molecule has 0 heterocycles. The third kappa shape index (κ3) is 3.45. The number of hydrogen-bond donors (Lipinski definition) is 3. The molecule has 0 unspecified atom stereocenters. The number of primary amides is 1. The van der Waals surface area contributed by atoms with E-state index in [9.17, 15) is 9.59 Å². The largest absolute Gasteiger partial charge is 0.366 e. The van der Waals surface area contributed by atoms with E-state index in [0.29, 0.717) is 10.7 Å². The van der Waals surface area contributed by atoms with E-state index in [1.165, 1.54) is 18.2 Å². The summed E-state index contributed by atoms with van der Waals surface area (Å²) in [6.45, 7) is 3.68. The summed E-state index contributed by atoms with van der Waals surface area (Å²) in [5.41, 5.74) is 11.5. The predicted molar refractivity (Wildman–Crippen MR) is 71.4 cm³/mol. The van der Waals surface area contributed by atoms with Crippen LogP contribution < -0.4 is 16.8 Å². The van der Waals surface area contributed by atoms with Gasteiger partial charge in [-0.15, -0.1) is 0 Å². The van der Waals surface area contributed by atoms with Crippen molar-refractivity contribution in [2.45, 2.75) is 19.9 Å². The van der Waals surface area contributed by atoms with Gasteiger partial charge in [0.25, 0.3) is 0 Å². The van der Waals surface area contributed by atoms with Gasteiger partial charge < -0.3 is 16.8 Å². The quantitative estimate of drug-likeness (QED) is 0.770. The Bertz CT molecular complexity index is 474. The lowest BCUT2D eigenvalue weighted by molar-refractivity contribution is -0.118. The smallest absolute Gasteiger partial charge is 0.248 e. The first kappa shape index (κ1) is 14.5. The molecule has 0 spiro atoms. The van der Waals surface area contributed by atoms with Crippen molar-refractivity contribution in [3.63, 3.8) is 0 Å². The van der Waals surface area contributed by atoms with Gasteiger partial charge in [-0.05, 0) is 24.1 Å². The van der Waals surface area contributed by atoms with Gasteiger partial charge in [0.1, 0.15) is 0 Å². The molecule has 0 aliphatic carbocycles. The molecule has 0 saturated heterocycles. The summed E-state index contributed by atoms with van der Waals surface area (Å²) in [5, 5.41) is 2.91. The Balaban J connectivity index is 2.93. The first-order chi connectivity index (χ1) is 8.32. The summed E-state index contributed by atoms with van der Waals surface area (Å²) >= 11 is 5.92. The highest BCUT2D eigenvalue weighted by Gasteiger charge is 2.18. The molecular weight excluding hydrogens is 254 g/mol. The zero-order chi connectivity index (χ0) is 13.9. The number of nitrogens with two attached hydrogens (primary N) is 2. The monoisotopic (exact) mass is 269 g/mol. The number of benzene rings is 1. The van der Waals surface area contributed by atoms with Gasteiger partial charge in [-0.2, -0.15) is 0 Å². The lowest BCUT2D eigenvalue weighted by atomic mass is 10.0. The fourth-order valence-electron chi connectivity index (χ4n) is 1.29. The van der Waals surface area contributed by atoms with Crippen LogP contribution in [0.25, 0.3) is 0 Å². The Kier molecular flexibility index (Phi) is 4.69. The van der Waals surface area contributed by atoms with E-state index < -0.39 is 11.9 Å². The Morgan fingerprint density at radius 2 is 1.94 bits per heavy atom. The van der Waals surface area contributed by atoms with Crippen LogP contribution in [0.3, 0.4) is 0 Å². The van der Waals surface area contributed by atoms with Crippen molar-refractivity contribution in [3.05, 3.63) is 28.8 Å². The number of anilines is 1. The van der Waals surface area contributed by atoms with Crippen LogP contribution in [0.4, 0.5) is 5.69 Å². The number of amides is 2. The van der Waals surface area contributed by atoms with E-state index in [-0.39, 0.29) is 17.4 Å². The van der Waals surface area contributed by atoms with Crippen molar-refractivity contribution in [1.82, 2.24) is 0 Å². The Morgan fingerprint density at radius 1 is 1.33 bits per heavy atom. The molecular formula is C12H16ClN3O2. The minimum atomic E-state index is -0.640. The Hall–Kier alpha value is -1.59. The zero-order valence-electron chi connectivity index (χ0n) is 10.2. The van der Waals surface area contributed by atoms with Crippen molar-refractivity contribution in [1.29, 1.82) is 0 Å². The summed E-state index contributed by atoms with van der Waals surface area (Å²) in [5.74, 6) is -0.938. The van der Waals surface area contributed by atoms with Gasteiger partial charge in [-0.1, -0.05) is 25.4 Å². The van der Waals surface area contributed by atoms with Crippen molar-refractivity contribution >= 4 is 29.1 Å². The summed E-state index contributed by atoms with van der Waals surface area (Å²) < 4.78 is 0. The maximum absolute atomic E-state index is 11.8. The van der Waals surface area contributed by atoms with E-state index in [1.54, 1.807) is 0 Å². The zero-order valence-corrected chi connectivity index (χ0v) is 11.0. The van der Waals surface area contributed by atoms with Gasteiger partial charge in [0.2, 0.25) is 11.8 Å². The highest BCUT2D eigenvalue weighted by Crippen LogP contribution is 2.23. The maximum Gasteiger partial charge on any atom is 0.248 e. The molecule has 0 aromatic heterocycles. The normalized spacial score (nSPS) is 12.3. The second-order valence-electron chi connectivity index (χ2n) is 4.32. The highest BCUT2D eigenvalue weighted by molar-refractivity contribution is 6.34. The minimum absolute atomic E-state index is 0.00287. The first-order valence-electron chi connectivity index (χ1n) is 5.48. The minimum Gasteiger partial charge on any atom is -0.366 e. The SMILES string of the molecule is CC(C)[C@@H](N)C(=O)Nc1cc(C(N)=O)ccc1Cl. The molecule has 18 heavy (non-hydrogen) atoms. The molecule has 0 fully saturated rings. The standard InChI is InChI=1S/C12H16ClN3O2/c1-6(2)10(14)12(18)16-9-5-7(11(15)17)3-4-8(9)13/h3-6,10H,14H2,1-2H3,(H2,15,17)(H,16,18)/t10-/m1/s1. The number of hydrogen-bond acceptors (Lipinski definition) is 3. The molecule has 5 N–H and O–H groups in total. The molecule has 6 heteroatoms. The number of halogens is 1. The van der Waals surface area contributed by atoms with Crippen LogP contribution in [0, 0.1) is 5.92 Å². The Labute approximate surface area is 110 Å². The summed E-state index contributed by atoms with van der Waals surface area (Å²) in [7, 11) is 0. The second kappa shape index (κ2) is 5.84. The molecule has 0 aliphatic rings.